The van der Waals surface area contributed by atoms with E-state index >= 15 is 4.79 Å². The zero-order valence-electron chi connectivity index (χ0n) is 63.4. The number of nitrogens with one attached hydrogen (secondary N) is 3. The molecular weight excluding hydrogens is 1420 g/mol. The Morgan fingerprint density at radius 2 is 0.824 bits per heavy atom. The van der Waals surface area contributed by atoms with E-state index in [1.807, 2.05) is 86.3 Å². The molecule has 22 heteroatoms. The second-order valence-corrected chi connectivity index (χ2v) is 34.8. The van der Waals surface area contributed by atoms with Crippen LogP contribution in [0.4, 0.5) is 17.1 Å². The largest absolute Gasteiger partial charge is 0.339 e. The van der Waals surface area contributed by atoms with Crippen LogP contribution in [0.1, 0.15) is 158 Å². The second kappa shape index (κ2) is 34.6. The predicted octanol–water partition coefficient (Wildman–Crippen LogP) is 14.1. The molecule has 0 bridgehead atoms. The van der Waals surface area contributed by atoms with Crippen molar-refractivity contribution in [1.82, 2.24) is 29.4 Å². The van der Waals surface area contributed by atoms with Gasteiger partial charge in [0.05, 0.1) is 14.7 Å². The molecule has 8 aromatic rings. The fraction of sp³-hybridized carbons (Fsp3) is 0.395. The Labute approximate surface area is 639 Å². The lowest BCUT2D eigenvalue weighted by molar-refractivity contribution is -0.134. The van der Waals surface area contributed by atoms with Gasteiger partial charge in [0.2, 0.25) is 5.91 Å². The van der Waals surface area contributed by atoms with E-state index < -0.39 is 36.0 Å². The van der Waals surface area contributed by atoms with Crippen molar-refractivity contribution in [2.24, 2.45) is 5.92 Å². The maximum atomic E-state index is 15.2. The number of anilines is 3. The van der Waals surface area contributed by atoms with Crippen molar-refractivity contribution in [2.45, 2.75) is 146 Å². The first kappa shape index (κ1) is 78.4. The van der Waals surface area contributed by atoms with E-state index in [-0.39, 0.29) is 81.5 Å². The molecule has 8 aromatic carbocycles. The number of unbranched alkanes of at least 4 members (excludes halogenated alkanes) is 3. The van der Waals surface area contributed by atoms with Gasteiger partial charge in [-0.25, -0.2) is 25.3 Å². The quantitative estimate of drug-likeness (QED) is 0.0398. The Bertz CT molecular complexity index is 4920. The standard InChI is InChI=1S/C86H103N9O10S3/c1-8-11-17-65-23-29-70(30-24-65)87-106(100,101)73-35-22-61(5)76(53-73)83(96)94-46-48-95(49-47-94)86(99)82-58-81(82)78-55-75(108(104,105)89-72-33-27-67(28-34-72)19-13-10-3)57-80(63(78)7)85(98)93-44-40-91(41-45-93)59-68-50-60(4)51-69(52-68)77-54-74(107(102,103)88-71-31-25-66(26-32-71)18-12-9-2)56-79(62(77)6)84(97)92-42-38-90(39-43-92)37-36-64-20-15-14-16-21-64/h14-16,20-35,50-57,81-82,87-89H,8-13,17-19,36-49,58-59H2,1-7H3. The second-order valence-electron chi connectivity index (χ2n) is 29.7. The minimum absolute atomic E-state index is 0.0189. The van der Waals surface area contributed by atoms with Gasteiger partial charge in [0.1, 0.15) is 0 Å². The molecule has 0 spiro atoms. The first-order valence-electron chi connectivity index (χ1n) is 38.4. The third kappa shape index (κ3) is 19.1. The highest BCUT2D eigenvalue weighted by molar-refractivity contribution is 7.93. The number of hydrogen-bond donors (Lipinski definition) is 3. The summed E-state index contributed by atoms with van der Waals surface area (Å²) in [5.74, 6) is -1.90. The third-order valence-electron chi connectivity index (χ3n) is 21.8. The van der Waals surface area contributed by atoms with Gasteiger partial charge < -0.3 is 19.6 Å². The van der Waals surface area contributed by atoms with Gasteiger partial charge in [-0.1, -0.05) is 131 Å². The van der Waals surface area contributed by atoms with Gasteiger partial charge in [0.15, 0.2) is 0 Å². The molecule has 4 aliphatic rings. The molecule has 4 fully saturated rings. The molecule has 1 saturated carbocycles. The van der Waals surface area contributed by atoms with Gasteiger partial charge in [-0.3, -0.25) is 43.1 Å². The molecule has 19 nitrogen and oxygen atoms in total. The van der Waals surface area contributed by atoms with E-state index in [2.05, 4.69) is 69.0 Å². The van der Waals surface area contributed by atoms with Gasteiger partial charge >= 0.3 is 0 Å². The lowest BCUT2D eigenvalue weighted by atomic mass is 9.93. The number of benzene rings is 8. The average molecular weight is 1520 g/mol. The smallest absolute Gasteiger partial charge is 0.261 e. The number of carbonyl (C=O) groups excluding carboxylic acids is 4. The van der Waals surface area contributed by atoms with Crippen molar-refractivity contribution >= 4 is 70.8 Å². The molecule has 3 heterocycles. The van der Waals surface area contributed by atoms with E-state index in [1.54, 1.807) is 76.2 Å². The Hall–Kier alpha value is -9.19. The highest BCUT2D eigenvalue weighted by Gasteiger charge is 2.48. The van der Waals surface area contributed by atoms with Crippen LogP contribution >= 0.6 is 0 Å². The van der Waals surface area contributed by atoms with Crippen molar-refractivity contribution in [1.29, 1.82) is 0 Å². The molecule has 108 heavy (non-hydrogen) atoms. The zero-order valence-corrected chi connectivity index (χ0v) is 65.9. The fourth-order valence-electron chi connectivity index (χ4n) is 15.1. The minimum atomic E-state index is -4.28. The van der Waals surface area contributed by atoms with Crippen LogP contribution in [0.5, 0.6) is 0 Å². The van der Waals surface area contributed by atoms with Crippen LogP contribution in [0.2, 0.25) is 0 Å². The summed E-state index contributed by atoms with van der Waals surface area (Å²) in [6.07, 6.45) is 10.2. The number of carbonyl (C=O) groups is 4. The molecule has 570 valence electrons. The molecule has 0 aromatic heterocycles. The molecule has 4 amide bonds. The number of hydrogen-bond acceptors (Lipinski definition) is 12. The van der Waals surface area contributed by atoms with Crippen molar-refractivity contribution in [3.63, 3.8) is 0 Å². The minimum Gasteiger partial charge on any atom is -0.339 e. The number of rotatable bonds is 29. The lowest BCUT2D eigenvalue weighted by Crippen LogP contribution is -2.51. The molecule has 2 unspecified atom stereocenters. The Morgan fingerprint density at radius 3 is 1.32 bits per heavy atom. The van der Waals surface area contributed by atoms with Crippen LogP contribution in [0.3, 0.4) is 0 Å². The summed E-state index contributed by atoms with van der Waals surface area (Å²) >= 11 is 0. The van der Waals surface area contributed by atoms with Crippen molar-refractivity contribution in [3.8, 4) is 11.1 Å². The van der Waals surface area contributed by atoms with Crippen LogP contribution in [-0.4, -0.2) is 163 Å². The van der Waals surface area contributed by atoms with E-state index in [4.69, 9.17) is 0 Å². The normalized spacial score (nSPS) is 16.7. The van der Waals surface area contributed by atoms with Crippen LogP contribution in [0, 0.1) is 33.6 Å². The summed E-state index contributed by atoms with van der Waals surface area (Å²) < 4.78 is 94.1. The van der Waals surface area contributed by atoms with Gasteiger partial charge in [-0.2, -0.15) is 0 Å². The summed E-state index contributed by atoms with van der Waals surface area (Å²) in [4.78, 5) is 70.3. The summed E-state index contributed by atoms with van der Waals surface area (Å²) in [6, 6.07) is 49.4. The molecular formula is C86H103N9O10S3. The molecule has 0 radical (unpaired) electrons. The lowest BCUT2D eigenvalue weighted by Gasteiger charge is -2.35. The van der Waals surface area contributed by atoms with E-state index in [0.717, 1.165) is 104 Å². The first-order valence-corrected chi connectivity index (χ1v) is 42.8. The summed E-state index contributed by atoms with van der Waals surface area (Å²) in [5.41, 5.74) is 12.4. The van der Waals surface area contributed by atoms with E-state index in [0.29, 0.717) is 116 Å². The molecule has 12 rings (SSSR count). The zero-order chi connectivity index (χ0) is 76.4. The van der Waals surface area contributed by atoms with Crippen LogP contribution in [-0.2, 0) is 67.1 Å². The van der Waals surface area contributed by atoms with Gasteiger partial charge in [-0.05, 0) is 225 Å². The van der Waals surface area contributed by atoms with Crippen LogP contribution < -0.4 is 14.2 Å². The average Bonchev–Trinajstić information content (AvgIpc) is 1.67. The molecule has 3 saturated heterocycles. The van der Waals surface area contributed by atoms with Gasteiger partial charge in [-0.15, -0.1) is 0 Å². The SMILES string of the molecule is CCCCc1ccc(NS(=O)(=O)c2ccc(C)c(C(=O)N3CCN(C(=O)C4CC4c4cc(S(=O)(=O)Nc5ccc(CCCC)cc5)cc(C(=O)N5CCN(Cc6cc(C)cc(-c7cc(S(=O)(=O)Nc8ccc(CCCC)cc8)cc(C(=O)N8CCN(CCc9ccccc9)CC8)c7C)c6)CC5)c4C)CC3)c2)cc1. The maximum absolute atomic E-state index is 15.2. The van der Waals surface area contributed by atoms with E-state index in [9.17, 15) is 39.6 Å². The van der Waals surface area contributed by atoms with E-state index in [1.165, 1.54) is 29.8 Å². The fourth-order valence-corrected chi connectivity index (χ4v) is 18.4. The molecule has 1 aliphatic carbocycles. The Balaban J connectivity index is 0.740. The van der Waals surface area contributed by atoms with Crippen LogP contribution in [0.15, 0.2) is 178 Å². The maximum Gasteiger partial charge on any atom is 0.261 e. The van der Waals surface area contributed by atoms with Crippen molar-refractivity contribution < 1.29 is 44.4 Å². The van der Waals surface area contributed by atoms with Gasteiger partial charge in [0.25, 0.3) is 47.8 Å². The summed E-state index contributed by atoms with van der Waals surface area (Å²) in [6.45, 7) is 20.2. The molecule has 3 N–H and O–H groups in total. The van der Waals surface area contributed by atoms with Crippen molar-refractivity contribution in [3.05, 3.63) is 236 Å². The summed E-state index contributed by atoms with van der Waals surface area (Å²) in [5, 5.41) is 0. The highest BCUT2D eigenvalue weighted by Crippen LogP contribution is 2.51. The monoisotopic (exact) mass is 1520 g/mol. The molecule has 3 aliphatic heterocycles. The topological polar surface area (TPSA) is 226 Å². The molecule has 2 atom stereocenters. The Morgan fingerprint density at radius 1 is 0.398 bits per heavy atom. The van der Waals surface area contributed by atoms with Crippen LogP contribution in [0.25, 0.3) is 11.1 Å². The van der Waals surface area contributed by atoms with Gasteiger partial charge in [0, 0.05) is 131 Å². The summed E-state index contributed by atoms with van der Waals surface area (Å²) in [7, 11) is -12.5. The number of sulfonamides is 3. The number of nitrogens with zero attached hydrogens (tertiary/aromatic N) is 6. The number of piperazine rings is 3. The first-order chi connectivity index (χ1) is 51.9. The number of aryl methyl sites for hydroxylation is 5. The third-order valence-corrected chi connectivity index (χ3v) is 25.9. The predicted molar refractivity (Wildman–Crippen MR) is 428 cm³/mol. The Kier molecular flexibility index (Phi) is 25.1. The highest BCUT2D eigenvalue weighted by atomic mass is 32.2. The van der Waals surface area contributed by atoms with Crippen molar-refractivity contribution in [2.75, 3.05) is 99.2 Å². The number of amides is 4.